The Labute approximate surface area is 110 Å². The zero-order chi connectivity index (χ0) is 13.5. The summed E-state index contributed by atoms with van der Waals surface area (Å²) in [6, 6.07) is 0. The van der Waals surface area contributed by atoms with Crippen LogP contribution in [-0.4, -0.2) is 61.8 Å². The fraction of sp³-hybridized carbons (Fsp3) is 0.923. The molecule has 106 valence electrons. The van der Waals surface area contributed by atoms with Crippen LogP contribution in [-0.2, 0) is 4.74 Å². The van der Waals surface area contributed by atoms with E-state index >= 15 is 0 Å². The lowest BCUT2D eigenvalue weighted by Crippen LogP contribution is -2.50. The quantitative estimate of drug-likeness (QED) is 0.798. The first-order valence-electron chi connectivity index (χ1n) is 6.92. The molecule has 1 amide bonds. The van der Waals surface area contributed by atoms with Crippen LogP contribution in [0.2, 0.25) is 0 Å². The minimum atomic E-state index is -0.184. The van der Waals surface area contributed by atoms with Gasteiger partial charge in [-0.15, -0.1) is 0 Å². The molecule has 0 aromatic heterocycles. The molecule has 1 aliphatic rings. The normalized spacial score (nSPS) is 19.1. The number of rotatable bonds is 5. The van der Waals surface area contributed by atoms with Gasteiger partial charge in [0.05, 0.1) is 6.61 Å². The first-order valence-corrected chi connectivity index (χ1v) is 6.92. The number of carbonyl (C=O) groups is 1. The molecule has 5 heteroatoms. The van der Waals surface area contributed by atoms with Crippen LogP contribution in [0.3, 0.4) is 0 Å². The van der Waals surface area contributed by atoms with Crippen LogP contribution in [0, 0.1) is 11.8 Å². The van der Waals surface area contributed by atoms with Gasteiger partial charge in [-0.2, -0.15) is 0 Å². The minimum absolute atomic E-state index is 0.184. The second-order valence-corrected chi connectivity index (χ2v) is 5.23. The molecule has 1 aliphatic heterocycles. The summed E-state index contributed by atoms with van der Waals surface area (Å²) < 4.78 is 5.01. The van der Waals surface area contributed by atoms with Crippen molar-refractivity contribution in [3.05, 3.63) is 0 Å². The molecule has 1 fully saturated rings. The largest absolute Gasteiger partial charge is 0.450 e. The molecule has 1 atom stereocenters. The molecule has 0 spiro atoms. The van der Waals surface area contributed by atoms with Crippen LogP contribution < -0.4 is 5.73 Å². The summed E-state index contributed by atoms with van der Waals surface area (Å²) >= 11 is 0. The number of nitrogens with two attached hydrogens (primary N) is 1. The maximum absolute atomic E-state index is 11.6. The van der Waals surface area contributed by atoms with Crippen molar-refractivity contribution in [3.8, 4) is 0 Å². The number of hydrogen-bond acceptors (Lipinski definition) is 4. The van der Waals surface area contributed by atoms with E-state index in [2.05, 4.69) is 18.7 Å². The summed E-state index contributed by atoms with van der Waals surface area (Å²) in [7, 11) is 0. The van der Waals surface area contributed by atoms with Gasteiger partial charge in [0.15, 0.2) is 0 Å². The molecule has 0 aromatic rings. The van der Waals surface area contributed by atoms with Crippen LogP contribution in [0.5, 0.6) is 0 Å². The van der Waals surface area contributed by atoms with E-state index in [0.717, 1.165) is 39.3 Å². The van der Waals surface area contributed by atoms with E-state index in [9.17, 15) is 4.79 Å². The van der Waals surface area contributed by atoms with E-state index in [4.69, 9.17) is 10.5 Å². The Morgan fingerprint density at radius 1 is 1.28 bits per heavy atom. The van der Waals surface area contributed by atoms with Crippen molar-refractivity contribution < 1.29 is 9.53 Å². The van der Waals surface area contributed by atoms with Gasteiger partial charge >= 0.3 is 6.09 Å². The molecule has 1 heterocycles. The Morgan fingerprint density at radius 2 is 1.89 bits per heavy atom. The summed E-state index contributed by atoms with van der Waals surface area (Å²) in [4.78, 5) is 15.7. The molecule has 2 N–H and O–H groups in total. The third-order valence-corrected chi connectivity index (χ3v) is 3.64. The van der Waals surface area contributed by atoms with Gasteiger partial charge in [0.1, 0.15) is 0 Å². The lowest BCUT2D eigenvalue weighted by atomic mass is 9.95. The average molecular weight is 257 g/mol. The summed E-state index contributed by atoms with van der Waals surface area (Å²) in [5.74, 6) is 1.15. The first kappa shape index (κ1) is 15.2. The molecule has 0 radical (unpaired) electrons. The van der Waals surface area contributed by atoms with Gasteiger partial charge in [0.2, 0.25) is 0 Å². The van der Waals surface area contributed by atoms with E-state index in [0.29, 0.717) is 18.4 Å². The SMILES string of the molecule is CCOC(=O)N1CCN(CC(CN)C(C)C)CC1. The maximum Gasteiger partial charge on any atom is 0.409 e. The zero-order valence-corrected chi connectivity index (χ0v) is 11.9. The highest BCUT2D eigenvalue weighted by Gasteiger charge is 2.24. The molecule has 1 saturated heterocycles. The lowest BCUT2D eigenvalue weighted by Gasteiger charge is -2.36. The van der Waals surface area contributed by atoms with E-state index in [1.807, 2.05) is 6.92 Å². The predicted octanol–water partition coefficient (Wildman–Crippen LogP) is 0.991. The van der Waals surface area contributed by atoms with Crippen molar-refractivity contribution in [3.63, 3.8) is 0 Å². The van der Waals surface area contributed by atoms with Gasteiger partial charge < -0.3 is 15.4 Å². The van der Waals surface area contributed by atoms with Crippen LogP contribution in [0.25, 0.3) is 0 Å². The first-order chi connectivity index (χ1) is 8.58. The summed E-state index contributed by atoms with van der Waals surface area (Å²) in [6.45, 7) is 11.8. The van der Waals surface area contributed by atoms with Crippen molar-refractivity contribution in [2.45, 2.75) is 20.8 Å². The topological polar surface area (TPSA) is 58.8 Å². The number of nitrogens with zero attached hydrogens (tertiary/aromatic N) is 2. The van der Waals surface area contributed by atoms with E-state index < -0.39 is 0 Å². The number of hydrogen-bond donors (Lipinski definition) is 1. The van der Waals surface area contributed by atoms with Crippen molar-refractivity contribution in [2.24, 2.45) is 17.6 Å². The molecule has 5 nitrogen and oxygen atoms in total. The minimum Gasteiger partial charge on any atom is -0.450 e. The fourth-order valence-corrected chi connectivity index (χ4v) is 2.22. The lowest BCUT2D eigenvalue weighted by molar-refractivity contribution is 0.0729. The van der Waals surface area contributed by atoms with Crippen LogP contribution >= 0.6 is 0 Å². The second-order valence-electron chi connectivity index (χ2n) is 5.23. The van der Waals surface area contributed by atoms with E-state index in [-0.39, 0.29) is 6.09 Å². The zero-order valence-electron chi connectivity index (χ0n) is 11.9. The fourth-order valence-electron chi connectivity index (χ4n) is 2.22. The van der Waals surface area contributed by atoms with Gasteiger partial charge in [-0.05, 0) is 25.3 Å². The highest BCUT2D eigenvalue weighted by Crippen LogP contribution is 2.13. The van der Waals surface area contributed by atoms with Crippen molar-refractivity contribution in [2.75, 3.05) is 45.9 Å². The van der Waals surface area contributed by atoms with Crippen LogP contribution in [0.1, 0.15) is 20.8 Å². The predicted molar refractivity (Wildman–Crippen MR) is 72.4 cm³/mol. The smallest absolute Gasteiger partial charge is 0.409 e. The second kappa shape index (κ2) is 7.59. The van der Waals surface area contributed by atoms with Gasteiger partial charge in [-0.1, -0.05) is 13.8 Å². The molecule has 0 aromatic carbocycles. The average Bonchev–Trinajstić information content (AvgIpc) is 2.36. The third kappa shape index (κ3) is 4.46. The molecule has 0 bridgehead atoms. The van der Waals surface area contributed by atoms with Gasteiger partial charge in [0.25, 0.3) is 0 Å². The number of carbonyl (C=O) groups excluding carboxylic acids is 1. The highest BCUT2D eigenvalue weighted by atomic mass is 16.6. The number of ether oxygens (including phenoxy) is 1. The van der Waals surface area contributed by atoms with E-state index in [1.54, 1.807) is 4.90 Å². The molecule has 0 aliphatic carbocycles. The molecular weight excluding hydrogens is 230 g/mol. The van der Waals surface area contributed by atoms with Crippen molar-refractivity contribution in [1.29, 1.82) is 0 Å². The highest BCUT2D eigenvalue weighted by molar-refractivity contribution is 5.67. The number of piperazine rings is 1. The van der Waals surface area contributed by atoms with Gasteiger partial charge in [-0.25, -0.2) is 4.79 Å². The maximum atomic E-state index is 11.6. The third-order valence-electron chi connectivity index (χ3n) is 3.64. The Hall–Kier alpha value is -0.810. The van der Waals surface area contributed by atoms with Gasteiger partial charge in [-0.3, -0.25) is 4.90 Å². The summed E-state index contributed by atoms with van der Waals surface area (Å²) in [5.41, 5.74) is 5.79. The molecular formula is C13H27N3O2. The van der Waals surface area contributed by atoms with E-state index in [1.165, 1.54) is 0 Å². The summed E-state index contributed by atoms with van der Waals surface area (Å²) in [5, 5.41) is 0. The monoisotopic (exact) mass is 257 g/mol. The molecule has 1 unspecified atom stereocenters. The van der Waals surface area contributed by atoms with Crippen molar-refractivity contribution in [1.82, 2.24) is 9.80 Å². The molecule has 18 heavy (non-hydrogen) atoms. The van der Waals surface area contributed by atoms with Crippen LogP contribution in [0.15, 0.2) is 0 Å². The molecule has 0 saturated carbocycles. The van der Waals surface area contributed by atoms with Crippen molar-refractivity contribution >= 4 is 6.09 Å². The Kier molecular flexibility index (Phi) is 6.43. The Bertz CT molecular complexity index is 251. The Morgan fingerprint density at radius 3 is 2.33 bits per heavy atom. The standard InChI is InChI=1S/C13H27N3O2/c1-4-18-13(17)16-7-5-15(6-8-16)10-12(9-14)11(2)3/h11-12H,4-10,14H2,1-3H3. The Balaban J connectivity index is 2.32. The van der Waals surface area contributed by atoms with Crippen LogP contribution in [0.4, 0.5) is 4.79 Å². The van der Waals surface area contributed by atoms with Gasteiger partial charge in [0, 0.05) is 32.7 Å². The molecule has 1 rings (SSSR count). The number of amides is 1. The summed E-state index contributed by atoms with van der Waals surface area (Å²) in [6.07, 6.45) is -0.184.